The highest BCUT2D eigenvalue weighted by Crippen LogP contribution is 2.65. The molecule has 4 aliphatic rings. The van der Waals surface area contributed by atoms with Gasteiger partial charge in [-0.2, -0.15) is 0 Å². The van der Waals surface area contributed by atoms with Crippen molar-refractivity contribution < 1.29 is 38.3 Å². The summed E-state index contributed by atoms with van der Waals surface area (Å²) < 4.78 is 5.50. The smallest absolute Gasteiger partial charge is 0.408 e. The van der Waals surface area contributed by atoms with E-state index in [4.69, 9.17) is 4.74 Å². The van der Waals surface area contributed by atoms with Gasteiger partial charge in [0, 0.05) is 20.6 Å². The molecule has 1 aromatic rings. The van der Waals surface area contributed by atoms with Gasteiger partial charge in [-0.3, -0.25) is 28.8 Å². The lowest BCUT2D eigenvalue weighted by atomic mass is 9.94. The van der Waals surface area contributed by atoms with Gasteiger partial charge in [0.25, 0.3) is 5.91 Å². The van der Waals surface area contributed by atoms with Crippen LogP contribution in [0.4, 0.5) is 4.79 Å². The van der Waals surface area contributed by atoms with E-state index in [9.17, 15) is 33.6 Å². The van der Waals surface area contributed by atoms with Crippen LogP contribution < -0.4 is 21.3 Å². The molecule has 1 aliphatic heterocycles. The Balaban J connectivity index is 1.27. The van der Waals surface area contributed by atoms with Gasteiger partial charge >= 0.3 is 6.09 Å². The fourth-order valence-electron chi connectivity index (χ4n) is 8.08. The predicted octanol–water partition coefficient (Wildman–Crippen LogP) is 2.47. The molecule has 3 aliphatic carbocycles. The van der Waals surface area contributed by atoms with Crippen molar-refractivity contribution in [2.45, 2.75) is 109 Å². The van der Waals surface area contributed by atoms with Crippen molar-refractivity contribution in [2.75, 3.05) is 27.2 Å². The van der Waals surface area contributed by atoms with Crippen LogP contribution in [-0.4, -0.2) is 102 Å². The van der Waals surface area contributed by atoms with Gasteiger partial charge in [0.05, 0.1) is 12.6 Å². The molecule has 14 heteroatoms. The van der Waals surface area contributed by atoms with Crippen LogP contribution in [-0.2, 0) is 33.5 Å². The van der Waals surface area contributed by atoms with Crippen LogP contribution in [0.1, 0.15) is 91.2 Å². The highest BCUT2D eigenvalue weighted by Gasteiger charge is 2.70. The fourth-order valence-corrected chi connectivity index (χ4v) is 8.08. The van der Waals surface area contributed by atoms with Crippen molar-refractivity contribution in [3.63, 3.8) is 0 Å². The summed E-state index contributed by atoms with van der Waals surface area (Å²) in [7, 11) is 3.14. The third kappa shape index (κ3) is 9.55. The normalized spacial score (nSPS) is 23.5. The van der Waals surface area contributed by atoms with Crippen LogP contribution >= 0.6 is 0 Å². The molecule has 4 fully saturated rings. The van der Waals surface area contributed by atoms with Gasteiger partial charge in [-0.1, -0.05) is 69.9 Å². The first kappa shape index (κ1) is 39.7. The largest absolute Gasteiger partial charge is 0.444 e. The van der Waals surface area contributed by atoms with Crippen LogP contribution in [0.3, 0.4) is 0 Å². The number of fused-ring (bicyclic) bond motifs is 1. The molecule has 0 bridgehead atoms. The van der Waals surface area contributed by atoms with Crippen LogP contribution in [0.25, 0.3) is 0 Å². The minimum absolute atomic E-state index is 0.0615. The Hall–Kier alpha value is -4.49. The van der Waals surface area contributed by atoms with E-state index in [2.05, 4.69) is 35.1 Å². The predicted molar refractivity (Wildman–Crippen MR) is 195 cm³/mol. The Kier molecular flexibility index (Phi) is 11.9. The second-order valence-electron chi connectivity index (χ2n) is 17.0. The molecule has 2 unspecified atom stereocenters. The van der Waals surface area contributed by atoms with E-state index >= 15 is 0 Å². The van der Waals surface area contributed by atoms with Gasteiger partial charge in [-0.05, 0) is 74.7 Å². The summed E-state index contributed by atoms with van der Waals surface area (Å²) in [6.07, 6.45) is 4.67. The summed E-state index contributed by atoms with van der Waals surface area (Å²) in [6.45, 7) is 9.13. The first-order valence-corrected chi connectivity index (χ1v) is 18.9. The number of nitrogens with zero attached hydrogens (tertiary/aromatic N) is 2. The average Bonchev–Trinajstić information content (AvgIpc) is 3.79. The van der Waals surface area contributed by atoms with Crippen molar-refractivity contribution in [1.82, 2.24) is 31.1 Å². The standard InChI is InChI=1S/C39H56N6O8/c1-38(2,3)53-37(52)43-30(24-15-11-12-16-24)36(51)45-21-25-28(39(25,4)5)31(45)33(48)41-26(19-22-17-18-22)32(47)34(49)40-20-27(46)42-29(35(50)44(6)7)23-13-9-8-10-14-23/h8-10,13-14,22,24-26,28-31H,11-12,15-21H2,1-7H3,(H,40,49)(H,41,48)(H,42,46)(H,43,52)/t25-,26?,28-,29-,30?,31-/m0/s1. The molecule has 0 radical (unpaired) electrons. The van der Waals surface area contributed by atoms with Crippen LogP contribution in [0.15, 0.2) is 30.3 Å². The van der Waals surface area contributed by atoms with E-state index in [1.165, 1.54) is 4.90 Å². The van der Waals surface area contributed by atoms with Gasteiger partial charge in [0.15, 0.2) is 0 Å². The van der Waals surface area contributed by atoms with Crippen LogP contribution in [0, 0.1) is 29.1 Å². The molecule has 6 amide bonds. The number of alkyl carbamates (subject to hydrolysis) is 1. The zero-order valence-corrected chi connectivity index (χ0v) is 32.0. The molecule has 3 saturated carbocycles. The summed E-state index contributed by atoms with van der Waals surface area (Å²) in [5.74, 6) is -3.87. The average molecular weight is 737 g/mol. The van der Waals surface area contributed by atoms with Gasteiger partial charge in [0.1, 0.15) is 23.7 Å². The SMILES string of the molecule is CN(C)C(=O)[C@@H](NC(=O)CNC(=O)C(=O)C(CC1CC1)NC(=O)[C@@H]1[C@@H]2[C@H](CN1C(=O)C(NC(=O)OC(C)(C)C)C1CCCC1)C2(C)C)c1ccccc1. The van der Waals surface area contributed by atoms with Gasteiger partial charge in [0.2, 0.25) is 29.4 Å². The minimum Gasteiger partial charge on any atom is -0.444 e. The summed E-state index contributed by atoms with van der Waals surface area (Å²) >= 11 is 0. The van der Waals surface area contributed by atoms with Crippen molar-refractivity contribution in [2.24, 2.45) is 29.1 Å². The molecule has 1 aromatic carbocycles. The molecule has 1 heterocycles. The topological polar surface area (TPSA) is 183 Å². The van der Waals surface area contributed by atoms with Gasteiger partial charge in [-0.15, -0.1) is 0 Å². The number of ether oxygens (including phenoxy) is 1. The molecule has 1 saturated heterocycles. The second kappa shape index (κ2) is 15.9. The van der Waals surface area contributed by atoms with Crippen molar-refractivity contribution in [1.29, 1.82) is 0 Å². The van der Waals surface area contributed by atoms with E-state index in [1.54, 1.807) is 70.1 Å². The molecule has 14 nitrogen and oxygen atoms in total. The lowest BCUT2D eigenvalue weighted by molar-refractivity contribution is -0.145. The second-order valence-corrected chi connectivity index (χ2v) is 17.0. The number of Topliss-reactive ketones (excluding diaryl/α,β-unsaturated/α-hetero) is 1. The summed E-state index contributed by atoms with van der Waals surface area (Å²) in [5.41, 5.74) is -0.416. The molecule has 290 valence electrons. The molecule has 5 rings (SSSR count). The van der Waals surface area contributed by atoms with E-state index in [0.717, 1.165) is 38.5 Å². The number of rotatable bonds is 14. The highest BCUT2D eigenvalue weighted by molar-refractivity contribution is 6.38. The number of benzene rings is 1. The molecule has 6 atom stereocenters. The minimum atomic E-state index is -1.16. The third-order valence-corrected chi connectivity index (χ3v) is 11.2. The number of piperidine rings is 1. The van der Waals surface area contributed by atoms with Crippen molar-refractivity contribution in [3.05, 3.63) is 35.9 Å². The van der Waals surface area contributed by atoms with Crippen molar-refractivity contribution >= 4 is 41.4 Å². The Morgan fingerprint density at radius 2 is 1.57 bits per heavy atom. The monoisotopic (exact) mass is 736 g/mol. The highest BCUT2D eigenvalue weighted by atomic mass is 16.6. The van der Waals surface area contributed by atoms with Gasteiger partial charge in [-0.25, -0.2) is 4.79 Å². The molecule has 0 spiro atoms. The van der Waals surface area contributed by atoms with E-state index in [-0.39, 0.29) is 47.3 Å². The first-order valence-electron chi connectivity index (χ1n) is 18.9. The van der Waals surface area contributed by atoms with E-state index < -0.39 is 65.9 Å². The fraction of sp³-hybridized carbons (Fsp3) is 0.667. The summed E-state index contributed by atoms with van der Waals surface area (Å²) in [4.78, 5) is 96.9. The Morgan fingerprint density at radius 1 is 0.925 bits per heavy atom. The number of nitrogens with one attached hydrogen (secondary N) is 4. The Bertz CT molecular complexity index is 1580. The Morgan fingerprint density at radius 3 is 2.15 bits per heavy atom. The maximum atomic E-state index is 14.3. The maximum Gasteiger partial charge on any atom is 0.408 e. The number of ketones is 1. The lowest BCUT2D eigenvalue weighted by Gasteiger charge is -2.35. The van der Waals surface area contributed by atoms with E-state index in [1.807, 2.05) is 0 Å². The molecule has 53 heavy (non-hydrogen) atoms. The molecule has 4 N–H and O–H groups in total. The third-order valence-electron chi connectivity index (χ3n) is 11.2. The quantitative estimate of drug-likeness (QED) is 0.210. The molecule has 0 aromatic heterocycles. The first-order chi connectivity index (χ1) is 24.9. The lowest BCUT2D eigenvalue weighted by Crippen LogP contribution is -2.59. The number of hydrogen-bond donors (Lipinski definition) is 4. The number of hydrogen-bond acceptors (Lipinski definition) is 8. The summed E-state index contributed by atoms with van der Waals surface area (Å²) in [6, 6.07) is 4.78. The number of amides is 6. The molecular formula is C39H56N6O8. The molecular weight excluding hydrogens is 680 g/mol. The summed E-state index contributed by atoms with van der Waals surface area (Å²) in [5, 5.41) is 10.7. The zero-order chi connectivity index (χ0) is 38.8. The number of carbonyl (C=O) groups is 7. The van der Waals surface area contributed by atoms with Crippen LogP contribution in [0.5, 0.6) is 0 Å². The number of likely N-dealkylation sites (tertiary alicyclic amines) is 1. The number of likely N-dealkylation sites (N-methyl/N-ethyl adjacent to an activating group) is 1. The van der Waals surface area contributed by atoms with E-state index in [0.29, 0.717) is 12.1 Å². The number of carbonyl (C=O) groups excluding carboxylic acids is 7. The zero-order valence-electron chi connectivity index (χ0n) is 32.0. The van der Waals surface area contributed by atoms with Gasteiger partial charge < -0.3 is 35.8 Å². The Labute approximate surface area is 311 Å². The maximum absolute atomic E-state index is 14.3. The van der Waals surface area contributed by atoms with Crippen LogP contribution in [0.2, 0.25) is 0 Å². The van der Waals surface area contributed by atoms with Crippen molar-refractivity contribution in [3.8, 4) is 0 Å².